The van der Waals surface area contributed by atoms with Gasteiger partial charge in [0.05, 0.1) is 5.01 Å². The van der Waals surface area contributed by atoms with Gasteiger partial charge in [0.15, 0.2) is 17.6 Å². The van der Waals surface area contributed by atoms with Crippen molar-refractivity contribution in [1.29, 1.82) is 0 Å². The summed E-state index contributed by atoms with van der Waals surface area (Å²) in [6.45, 7) is 7.18. The van der Waals surface area contributed by atoms with Crippen LogP contribution in [-0.2, 0) is 12.8 Å². The highest BCUT2D eigenvalue weighted by atomic mass is 127. The van der Waals surface area contributed by atoms with Gasteiger partial charge in [-0.15, -0.1) is 35.3 Å². The number of aromatic nitrogens is 2. The van der Waals surface area contributed by atoms with Gasteiger partial charge in [-0.2, -0.15) is 0 Å². The van der Waals surface area contributed by atoms with Gasteiger partial charge >= 0.3 is 0 Å². The largest absolute Gasteiger partial charge is 0.357 e. The van der Waals surface area contributed by atoms with Crippen LogP contribution < -0.4 is 15.5 Å². The van der Waals surface area contributed by atoms with Crippen molar-refractivity contribution in [3.8, 4) is 0 Å². The molecule has 0 radical (unpaired) electrons. The van der Waals surface area contributed by atoms with E-state index in [0.717, 1.165) is 43.3 Å². The maximum Gasteiger partial charge on any atom is 0.191 e. The van der Waals surface area contributed by atoms with Crippen LogP contribution in [0.15, 0.2) is 29.5 Å². The van der Waals surface area contributed by atoms with E-state index in [0.29, 0.717) is 18.9 Å². The fraction of sp³-hybridized carbons (Fsp3) is 0.526. The summed E-state index contributed by atoms with van der Waals surface area (Å²) in [4.78, 5) is 16.6. The normalized spacial score (nSPS) is 16.8. The van der Waals surface area contributed by atoms with Crippen LogP contribution in [0.3, 0.4) is 0 Å². The lowest BCUT2D eigenvalue weighted by atomic mass is 10.3. The average Bonchev–Trinajstić information content (AvgIpc) is 3.32. The number of nitrogens with one attached hydrogen (secondary N) is 2. The second-order valence-corrected chi connectivity index (χ2v) is 7.67. The summed E-state index contributed by atoms with van der Waals surface area (Å²) in [6, 6.07) is 3.29. The van der Waals surface area contributed by atoms with E-state index in [1.54, 1.807) is 23.6 Å². The molecule has 0 aliphatic carbocycles. The standard InChI is InChI=1S/C19H27FN6S.HI/c1-3-15-12-24-17(27-15)7-10-23-19(21-4-2)25-14-8-11-26(13-14)18-16(20)6-5-9-22-18;/h5-6,9,12,14H,3-4,7-8,10-11,13H2,1-2H3,(H2,21,23,25);1H. The Bertz CT molecular complexity index is 768. The number of nitrogens with zero attached hydrogens (tertiary/aromatic N) is 4. The van der Waals surface area contributed by atoms with Crippen LogP contribution in [0.25, 0.3) is 0 Å². The molecule has 0 bridgehead atoms. The van der Waals surface area contributed by atoms with Gasteiger partial charge in [0, 0.05) is 55.9 Å². The monoisotopic (exact) mass is 518 g/mol. The summed E-state index contributed by atoms with van der Waals surface area (Å²) in [5.74, 6) is 0.964. The summed E-state index contributed by atoms with van der Waals surface area (Å²) in [6.07, 6.45) is 6.38. The number of pyridine rings is 1. The number of rotatable bonds is 7. The number of guanidine groups is 1. The van der Waals surface area contributed by atoms with Gasteiger partial charge in [-0.05, 0) is 31.9 Å². The molecule has 1 unspecified atom stereocenters. The zero-order valence-corrected chi connectivity index (χ0v) is 19.5. The van der Waals surface area contributed by atoms with E-state index in [4.69, 9.17) is 0 Å². The lowest BCUT2D eigenvalue weighted by molar-refractivity contribution is 0.612. The number of halogens is 2. The van der Waals surface area contributed by atoms with Crippen LogP contribution in [0, 0.1) is 5.82 Å². The summed E-state index contributed by atoms with van der Waals surface area (Å²) < 4.78 is 13.9. The molecule has 2 aromatic rings. The minimum atomic E-state index is -0.270. The van der Waals surface area contributed by atoms with Crippen LogP contribution >= 0.6 is 35.3 Å². The van der Waals surface area contributed by atoms with Gasteiger partial charge in [0.2, 0.25) is 0 Å². The fourth-order valence-electron chi connectivity index (χ4n) is 3.08. The van der Waals surface area contributed by atoms with Crippen molar-refractivity contribution in [2.24, 2.45) is 4.99 Å². The molecular formula is C19H28FIN6S. The molecule has 154 valence electrons. The first-order valence-corrected chi connectivity index (χ1v) is 10.3. The quantitative estimate of drug-likeness (QED) is 0.335. The van der Waals surface area contributed by atoms with Crippen molar-refractivity contribution in [3.63, 3.8) is 0 Å². The Labute approximate surface area is 187 Å². The van der Waals surface area contributed by atoms with Crippen molar-refractivity contribution in [2.75, 3.05) is 31.1 Å². The molecule has 9 heteroatoms. The molecule has 0 amide bonds. The minimum Gasteiger partial charge on any atom is -0.357 e. The third kappa shape index (κ3) is 6.26. The van der Waals surface area contributed by atoms with Gasteiger partial charge in [-0.25, -0.2) is 14.4 Å². The van der Waals surface area contributed by atoms with Crippen molar-refractivity contribution >= 4 is 47.1 Å². The lowest BCUT2D eigenvalue weighted by Crippen LogP contribution is -2.44. The van der Waals surface area contributed by atoms with E-state index in [1.165, 1.54) is 10.9 Å². The molecule has 1 saturated heterocycles. The van der Waals surface area contributed by atoms with Crippen molar-refractivity contribution in [3.05, 3.63) is 40.2 Å². The molecular weight excluding hydrogens is 490 g/mol. The molecule has 6 nitrogen and oxygen atoms in total. The molecule has 1 fully saturated rings. The second-order valence-electron chi connectivity index (χ2n) is 6.47. The van der Waals surface area contributed by atoms with E-state index in [-0.39, 0.29) is 35.8 Å². The van der Waals surface area contributed by atoms with Crippen LogP contribution in [0.1, 0.15) is 30.2 Å². The molecule has 0 aromatic carbocycles. The maximum atomic E-state index is 13.9. The number of thiazole rings is 1. The van der Waals surface area contributed by atoms with Crippen molar-refractivity contribution in [1.82, 2.24) is 20.6 Å². The zero-order valence-electron chi connectivity index (χ0n) is 16.3. The Hall–Kier alpha value is -1.49. The zero-order chi connectivity index (χ0) is 19.1. The smallest absolute Gasteiger partial charge is 0.191 e. The average molecular weight is 518 g/mol. The molecule has 2 N–H and O–H groups in total. The van der Waals surface area contributed by atoms with Gasteiger partial charge < -0.3 is 15.5 Å². The third-order valence-corrected chi connectivity index (χ3v) is 5.66. The first-order valence-electron chi connectivity index (χ1n) is 9.53. The summed E-state index contributed by atoms with van der Waals surface area (Å²) in [5, 5.41) is 7.89. The Morgan fingerprint density at radius 2 is 2.25 bits per heavy atom. The van der Waals surface area contributed by atoms with Gasteiger partial charge in [0.1, 0.15) is 0 Å². The Balaban J connectivity index is 0.00000280. The number of aliphatic imine (C=N–C) groups is 1. The Morgan fingerprint density at radius 3 is 2.96 bits per heavy atom. The predicted molar refractivity (Wildman–Crippen MR) is 125 cm³/mol. The number of aryl methyl sites for hydroxylation is 1. The SMILES string of the molecule is CCNC(=NCCc1ncc(CC)s1)NC1CCN(c2ncccc2F)C1.I. The summed E-state index contributed by atoms with van der Waals surface area (Å²) in [5.41, 5.74) is 0. The first kappa shape index (κ1) is 22.8. The van der Waals surface area contributed by atoms with E-state index >= 15 is 0 Å². The van der Waals surface area contributed by atoms with Crippen LogP contribution in [0.5, 0.6) is 0 Å². The molecule has 2 aromatic heterocycles. The Kier molecular flexibility index (Phi) is 9.36. The lowest BCUT2D eigenvalue weighted by Gasteiger charge is -2.19. The molecule has 3 rings (SSSR count). The van der Waals surface area contributed by atoms with E-state index in [9.17, 15) is 4.39 Å². The number of hydrogen-bond donors (Lipinski definition) is 2. The van der Waals surface area contributed by atoms with Gasteiger partial charge in [-0.1, -0.05) is 6.92 Å². The highest BCUT2D eigenvalue weighted by Crippen LogP contribution is 2.20. The topological polar surface area (TPSA) is 65.4 Å². The summed E-state index contributed by atoms with van der Waals surface area (Å²) in [7, 11) is 0. The van der Waals surface area contributed by atoms with Gasteiger partial charge in [0.25, 0.3) is 0 Å². The minimum absolute atomic E-state index is 0. The summed E-state index contributed by atoms with van der Waals surface area (Å²) >= 11 is 1.76. The number of anilines is 1. The van der Waals surface area contributed by atoms with Crippen LogP contribution in [0.4, 0.5) is 10.2 Å². The highest BCUT2D eigenvalue weighted by molar-refractivity contribution is 14.0. The van der Waals surface area contributed by atoms with Crippen molar-refractivity contribution in [2.45, 2.75) is 39.2 Å². The Morgan fingerprint density at radius 1 is 1.39 bits per heavy atom. The van der Waals surface area contributed by atoms with Crippen LogP contribution in [0.2, 0.25) is 0 Å². The predicted octanol–water partition coefficient (Wildman–Crippen LogP) is 3.23. The molecule has 0 saturated carbocycles. The third-order valence-electron chi connectivity index (χ3n) is 4.46. The second kappa shape index (κ2) is 11.5. The maximum absolute atomic E-state index is 13.9. The fourth-order valence-corrected chi connectivity index (χ4v) is 3.94. The van der Waals surface area contributed by atoms with Crippen molar-refractivity contribution < 1.29 is 4.39 Å². The number of hydrogen-bond acceptors (Lipinski definition) is 5. The van der Waals surface area contributed by atoms with Crippen LogP contribution in [-0.4, -0.2) is 48.1 Å². The molecule has 0 spiro atoms. The molecule has 1 aliphatic rings. The molecule has 28 heavy (non-hydrogen) atoms. The first-order chi connectivity index (χ1) is 13.2. The van der Waals surface area contributed by atoms with E-state index in [2.05, 4.69) is 39.4 Å². The highest BCUT2D eigenvalue weighted by Gasteiger charge is 2.25. The van der Waals surface area contributed by atoms with Gasteiger partial charge in [-0.3, -0.25) is 4.99 Å². The van der Waals surface area contributed by atoms with E-state index in [1.807, 2.05) is 11.1 Å². The van der Waals surface area contributed by atoms with E-state index < -0.39 is 0 Å². The molecule has 1 aliphatic heterocycles. The molecule has 1 atom stereocenters. The molecule has 3 heterocycles.